The average molecular weight is 334 g/mol. The van der Waals surface area contributed by atoms with E-state index in [9.17, 15) is 9.59 Å². The molecule has 2 amide bonds. The van der Waals surface area contributed by atoms with Crippen LogP contribution < -0.4 is 5.32 Å². The quantitative estimate of drug-likeness (QED) is 0.858. The van der Waals surface area contributed by atoms with E-state index in [-0.39, 0.29) is 29.2 Å². The molecule has 0 aromatic rings. The number of carbonyl (C=O) groups is 2. The maximum Gasteiger partial charge on any atom is 0.225 e. The summed E-state index contributed by atoms with van der Waals surface area (Å²) in [6.45, 7) is 6.77. The standard InChI is InChI=1S/C19H30N2O3/c1-19(2)15(14-4-3-11-24-16(14)19)20-17(22)12-7-9-21(10-8-12)18(23)13-5-6-13/h12-16H,3-11H2,1-2H3,(H,20,22). The average Bonchev–Trinajstić information content (AvgIpc) is 3.44. The number of likely N-dealkylation sites (tertiary alicyclic amines) is 1. The molecule has 2 aliphatic carbocycles. The van der Waals surface area contributed by atoms with Crippen LogP contribution in [0.25, 0.3) is 0 Å². The molecule has 5 nitrogen and oxygen atoms in total. The predicted molar refractivity (Wildman–Crippen MR) is 90.2 cm³/mol. The highest BCUT2D eigenvalue weighted by molar-refractivity contribution is 5.82. The first-order valence-electron chi connectivity index (χ1n) is 9.69. The van der Waals surface area contributed by atoms with Gasteiger partial charge in [-0.1, -0.05) is 13.8 Å². The minimum absolute atomic E-state index is 0.0311. The Morgan fingerprint density at radius 2 is 1.75 bits per heavy atom. The molecule has 4 fully saturated rings. The monoisotopic (exact) mass is 334 g/mol. The zero-order valence-corrected chi connectivity index (χ0v) is 14.9. The van der Waals surface area contributed by atoms with Gasteiger partial charge in [0.05, 0.1) is 6.10 Å². The maximum atomic E-state index is 12.7. The largest absolute Gasteiger partial charge is 0.377 e. The Morgan fingerprint density at radius 3 is 2.42 bits per heavy atom. The van der Waals surface area contributed by atoms with Gasteiger partial charge < -0.3 is 15.0 Å². The summed E-state index contributed by atoms with van der Waals surface area (Å²) in [6, 6.07) is 0.237. The summed E-state index contributed by atoms with van der Waals surface area (Å²) in [5.41, 5.74) is 0.0311. The molecular formula is C19H30N2O3. The number of carbonyl (C=O) groups excluding carboxylic acids is 2. The van der Waals surface area contributed by atoms with Gasteiger partial charge in [-0.3, -0.25) is 9.59 Å². The van der Waals surface area contributed by atoms with Gasteiger partial charge >= 0.3 is 0 Å². The van der Waals surface area contributed by atoms with E-state index in [1.54, 1.807) is 0 Å². The van der Waals surface area contributed by atoms with Crippen LogP contribution in [0.3, 0.4) is 0 Å². The van der Waals surface area contributed by atoms with Crippen molar-refractivity contribution in [1.82, 2.24) is 10.2 Å². The van der Waals surface area contributed by atoms with Gasteiger partial charge in [0.15, 0.2) is 0 Å². The number of piperidine rings is 1. The molecule has 24 heavy (non-hydrogen) atoms. The molecule has 0 bridgehead atoms. The summed E-state index contributed by atoms with van der Waals surface area (Å²) in [6.07, 6.45) is 6.29. The van der Waals surface area contributed by atoms with Crippen LogP contribution in [0, 0.1) is 23.2 Å². The van der Waals surface area contributed by atoms with Crippen molar-refractivity contribution in [2.75, 3.05) is 19.7 Å². The lowest BCUT2D eigenvalue weighted by Gasteiger charge is -2.60. The molecule has 1 N–H and O–H groups in total. The van der Waals surface area contributed by atoms with Crippen LogP contribution in [0.15, 0.2) is 0 Å². The molecule has 0 radical (unpaired) electrons. The number of ether oxygens (including phenoxy) is 1. The summed E-state index contributed by atoms with van der Waals surface area (Å²) >= 11 is 0. The van der Waals surface area contributed by atoms with Crippen LogP contribution in [0.2, 0.25) is 0 Å². The van der Waals surface area contributed by atoms with Gasteiger partial charge in [0.25, 0.3) is 0 Å². The number of nitrogens with one attached hydrogen (secondary N) is 1. The summed E-state index contributed by atoms with van der Waals surface area (Å²) < 4.78 is 5.92. The van der Waals surface area contributed by atoms with Gasteiger partial charge in [0.2, 0.25) is 11.8 Å². The minimum Gasteiger partial charge on any atom is -0.377 e. The van der Waals surface area contributed by atoms with Gasteiger partial charge in [-0.05, 0) is 38.5 Å². The number of amides is 2. The molecule has 2 saturated carbocycles. The van der Waals surface area contributed by atoms with Crippen molar-refractivity contribution in [2.45, 2.75) is 64.5 Å². The molecule has 5 heteroatoms. The Bertz CT molecular complexity index is 521. The Labute approximate surface area is 144 Å². The van der Waals surface area contributed by atoms with Crippen molar-refractivity contribution in [1.29, 1.82) is 0 Å². The Morgan fingerprint density at radius 1 is 1.04 bits per heavy atom. The highest BCUT2D eigenvalue weighted by atomic mass is 16.5. The lowest BCUT2D eigenvalue weighted by molar-refractivity contribution is -0.194. The Kier molecular flexibility index (Phi) is 4.10. The van der Waals surface area contributed by atoms with Gasteiger partial charge in [-0.25, -0.2) is 0 Å². The number of rotatable bonds is 3. The first kappa shape index (κ1) is 16.4. The van der Waals surface area contributed by atoms with Crippen LogP contribution in [0.4, 0.5) is 0 Å². The normalized spacial score (nSPS) is 35.8. The maximum absolute atomic E-state index is 12.7. The second-order valence-corrected chi connectivity index (χ2v) is 8.78. The zero-order chi connectivity index (χ0) is 16.9. The molecule has 0 spiro atoms. The van der Waals surface area contributed by atoms with Gasteiger partial charge in [0, 0.05) is 48.9 Å². The SMILES string of the molecule is CC1(C)C(NC(=O)C2CCN(C(=O)C3CC3)CC2)C2CCCOC21. The van der Waals surface area contributed by atoms with E-state index >= 15 is 0 Å². The van der Waals surface area contributed by atoms with Gasteiger partial charge in [-0.2, -0.15) is 0 Å². The second-order valence-electron chi connectivity index (χ2n) is 8.78. The van der Waals surface area contributed by atoms with E-state index in [0.717, 1.165) is 58.2 Å². The van der Waals surface area contributed by atoms with Crippen molar-refractivity contribution < 1.29 is 14.3 Å². The second kappa shape index (κ2) is 6.01. The van der Waals surface area contributed by atoms with Gasteiger partial charge in [0.1, 0.15) is 0 Å². The van der Waals surface area contributed by atoms with Crippen LogP contribution in [-0.2, 0) is 14.3 Å². The third-order valence-electron chi connectivity index (χ3n) is 6.73. The van der Waals surface area contributed by atoms with Crippen molar-refractivity contribution in [3.8, 4) is 0 Å². The first-order valence-corrected chi connectivity index (χ1v) is 9.69. The van der Waals surface area contributed by atoms with E-state index < -0.39 is 0 Å². The fraction of sp³-hybridized carbons (Fsp3) is 0.895. The molecule has 0 aromatic heterocycles. The highest BCUT2D eigenvalue weighted by Crippen LogP contribution is 2.51. The van der Waals surface area contributed by atoms with Crippen LogP contribution in [0.1, 0.15) is 52.4 Å². The lowest BCUT2D eigenvalue weighted by atomic mass is 9.55. The molecule has 0 aromatic carbocycles. The summed E-state index contributed by atoms with van der Waals surface area (Å²) in [4.78, 5) is 26.8. The Hall–Kier alpha value is -1.10. The predicted octanol–water partition coefficient (Wildman–Crippen LogP) is 1.95. The van der Waals surface area contributed by atoms with E-state index in [0.29, 0.717) is 17.9 Å². The molecule has 4 aliphatic rings. The topological polar surface area (TPSA) is 58.6 Å². The highest BCUT2D eigenvalue weighted by Gasteiger charge is 2.58. The smallest absolute Gasteiger partial charge is 0.225 e. The number of nitrogens with zero attached hydrogens (tertiary/aromatic N) is 1. The van der Waals surface area contributed by atoms with E-state index in [2.05, 4.69) is 19.2 Å². The van der Waals surface area contributed by atoms with Crippen LogP contribution in [0.5, 0.6) is 0 Å². The Balaban J connectivity index is 1.30. The van der Waals surface area contributed by atoms with Gasteiger partial charge in [-0.15, -0.1) is 0 Å². The van der Waals surface area contributed by atoms with Crippen LogP contribution >= 0.6 is 0 Å². The van der Waals surface area contributed by atoms with Crippen LogP contribution in [-0.4, -0.2) is 48.6 Å². The van der Waals surface area contributed by atoms with E-state index in [1.807, 2.05) is 4.90 Å². The van der Waals surface area contributed by atoms with Crippen molar-refractivity contribution >= 4 is 11.8 Å². The third-order valence-corrected chi connectivity index (χ3v) is 6.73. The molecule has 134 valence electrons. The molecule has 2 saturated heterocycles. The lowest BCUT2D eigenvalue weighted by Crippen LogP contribution is -2.70. The molecule has 4 rings (SSSR count). The molecular weight excluding hydrogens is 304 g/mol. The summed E-state index contributed by atoms with van der Waals surface area (Å²) in [7, 11) is 0. The third kappa shape index (κ3) is 2.75. The molecule has 2 heterocycles. The van der Waals surface area contributed by atoms with Crippen molar-refractivity contribution in [3.63, 3.8) is 0 Å². The zero-order valence-electron chi connectivity index (χ0n) is 14.9. The number of hydrogen-bond acceptors (Lipinski definition) is 3. The summed E-state index contributed by atoms with van der Waals surface area (Å²) in [5, 5.41) is 3.33. The molecule has 2 aliphatic heterocycles. The fourth-order valence-corrected chi connectivity index (χ4v) is 5.04. The van der Waals surface area contributed by atoms with Crippen molar-refractivity contribution in [2.24, 2.45) is 23.2 Å². The molecule has 3 atom stereocenters. The minimum atomic E-state index is 0.0311. The fourth-order valence-electron chi connectivity index (χ4n) is 5.04. The van der Waals surface area contributed by atoms with E-state index in [1.165, 1.54) is 0 Å². The first-order chi connectivity index (χ1) is 11.5. The number of hydrogen-bond donors (Lipinski definition) is 1. The number of fused-ring (bicyclic) bond motifs is 1. The molecule has 3 unspecified atom stereocenters. The summed E-state index contributed by atoms with van der Waals surface area (Å²) in [5.74, 6) is 1.34. The van der Waals surface area contributed by atoms with Crippen molar-refractivity contribution in [3.05, 3.63) is 0 Å². The van der Waals surface area contributed by atoms with E-state index in [4.69, 9.17) is 4.74 Å².